The van der Waals surface area contributed by atoms with Gasteiger partial charge < -0.3 is 5.32 Å². The van der Waals surface area contributed by atoms with Gasteiger partial charge in [-0.25, -0.2) is 4.98 Å². The lowest BCUT2D eigenvalue weighted by atomic mass is 10.2. The molecule has 1 aliphatic heterocycles. The molecule has 0 bridgehead atoms. The fourth-order valence-electron chi connectivity index (χ4n) is 2.45. The number of nitrogens with one attached hydrogen (secondary N) is 1. The van der Waals surface area contributed by atoms with E-state index in [-0.39, 0.29) is 0 Å². The van der Waals surface area contributed by atoms with E-state index in [0.717, 1.165) is 6.42 Å². The molecule has 1 N–H and O–H groups in total. The molecule has 3 nitrogen and oxygen atoms in total. The van der Waals surface area contributed by atoms with Gasteiger partial charge >= 0.3 is 0 Å². The molecule has 1 aromatic rings. The molecule has 4 heteroatoms. The lowest BCUT2D eigenvalue weighted by molar-refractivity contribution is 0.265. The van der Waals surface area contributed by atoms with Crippen LogP contribution >= 0.6 is 11.3 Å². The van der Waals surface area contributed by atoms with Crippen LogP contribution < -0.4 is 5.32 Å². The quantitative estimate of drug-likeness (QED) is 0.874. The minimum Gasteiger partial charge on any atom is -0.304 e. The van der Waals surface area contributed by atoms with Crippen LogP contribution in [0, 0.1) is 0 Å². The Bertz CT molecular complexity index is 323. The number of hydrogen-bond acceptors (Lipinski definition) is 4. The van der Waals surface area contributed by atoms with Crippen molar-refractivity contribution in [3.8, 4) is 0 Å². The zero-order valence-corrected chi connectivity index (χ0v) is 11.8. The summed E-state index contributed by atoms with van der Waals surface area (Å²) < 4.78 is 0. The Morgan fingerprint density at radius 3 is 2.94 bits per heavy atom. The molecule has 2 unspecified atom stereocenters. The minimum absolute atomic E-state index is 0.437. The standard InChI is InChI=1S/C13H23N3S/c1-4-12(13-14-6-8-17-13)15-11-5-7-16(9-11)10(2)3/h6,8,10-12,15H,4-5,7,9H2,1-3H3. The predicted molar refractivity (Wildman–Crippen MR) is 73.4 cm³/mol. The second kappa shape index (κ2) is 5.94. The summed E-state index contributed by atoms with van der Waals surface area (Å²) in [4.78, 5) is 6.97. The van der Waals surface area contributed by atoms with Crippen molar-refractivity contribution in [3.05, 3.63) is 16.6 Å². The van der Waals surface area contributed by atoms with E-state index in [2.05, 4.69) is 41.4 Å². The van der Waals surface area contributed by atoms with Crippen LogP contribution in [0.4, 0.5) is 0 Å². The molecule has 1 fully saturated rings. The molecule has 1 aromatic heterocycles. The van der Waals surface area contributed by atoms with Crippen molar-refractivity contribution >= 4 is 11.3 Å². The Labute approximate surface area is 108 Å². The van der Waals surface area contributed by atoms with Gasteiger partial charge in [-0.05, 0) is 33.2 Å². The van der Waals surface area contributed by atoms with Crippen LogP contribution in [0.1, 0.15) is 44.7 Å². The summed E-state index contributed by atoms with van der Waals surface area (Å²) in [5.74, 6) is 0. The van der Waals surface area contributed by atoms with Crippen molar-refractivity contribution in [1.82, 2.24) is 15.2 Å². The maximum absolute atomic E-state index is 4.43. The number of rotatable bonds is 5. The highest BCUT2D eigenvalue weighted by Gasteiger charge is 2.26. The fraction of sp³-hybridized carbons (Fsp3) is 0.769. The van der Waals surface area contributed by atoms with Gasteiger partial charge in [0.15, 0.2) is 0 Å². The van der Waals surface area contributed by atoms with Crippen molar-refractivity contribution in [2.24, 2.45) is 0 Å². The van der Waals surface area contributed by atoms with Crippen molar-refractivity contribution in [2.45, 2.75) is 51.7 Å². The molecule has 2 atom stereocenters. The summed E-state index contributed by atoms with van der Waals surface area (Å²) in [6.07, 6.45) is 4.28. The van der Waals surface area contributed by atoms with Crippen LogP contribution in [0.3, 0.4) is 0 Å². The summed E-state index contributed by atoms with van der Waals surface area (Å²) >= 11 is 1.76. The summed E-state index contributed by atoms with van der Waals surface area (Å²) in [5, 5.41) is 7.06. The molecule has 0 saturated carbocycles. The maximum atomic E-state index is 4.43. The van der Waals surface area contributed by atoms with E-state index in [0.29, 0.717) is 18.1 Å². The van der Waals surface area contributed by atoms with Gasteiger partial charge in [0.2, 0.25) is 0 Å². The van der Waals surface area contributed by atoms with Gasteiger partial charge in [0.05, 0.1) is 6.04 Å². The Morgan fingerprint density at radius 2 is 2.41 bits per heavy atom. The van der Waals surface area contributed by atoms with Crippen molar-refractivity contribution in [3.63, 3.8) is 0 Å². The van der Waals surface area contributed by atoms with Gasteiger partial charge in [-0.1, -0.05) is 6.92 Å². The molecular formula is C13H23N3S. The van der Waals surface area contributed by atoms with Gasteiger partial charge in [0.25, 0.3) is 0 Å². The van der Waals surface area contributed by atoms with Gasteiger partial charge in [-0.2, -0.15) is 0 Å². The molecule has 1 saturated heterocycles. The van der Waals surface area contributed by atoms with Crippen LogP contribution in [0.15, 0.2) is 11.6 Å². The van der Waals surface area contributed by atoms with E-state index < -0.39 is 0 Å². The predicted octanol–water partition coefficient (Wildman–Crippen LogP) is 2.67. The number of hydrogen-bond donors (Lipinski definition) is 1. The van der Waals surface area contributed by atoms with Crippen LogP contribution in [0.25, 0.3) is 0 Å². The summed E-state index contributed by atoms with van der Waals surface area (Å²) in [7, 11) is 0. The average Bonchev–Trinajstić information content (AvgIpc) is 2.96. The van der Waals surface area contributed by atoms with Gasteiger partial charge in [0.1, 0.15) is 5.01 Å². The van der Waals surface area contributed by atoms with Crippen molar-refractivity contribution in [1.29, 1.82) is 0 Å². The first kappa shape index (κ1) is 13.0. The third-order valence-electron chi connectivity index (χ3n) is 3.54. The van der Waals surface area contributed by atoms with Gasteiger partial charge in [-0.3, -0.25) is 4.90 Å². The normalized spacial score (nSPS) is 23.4. The lowest BCUT2D eigenvalue weighted by Crippen LogP contribution is -2.37. The smallest absolute Gasteiger partial charge is 0.109 e. The van der Waals surface area contributed by atoms with E-state index in [1.54, 1.807) is 11.3 Å². The molecule has 0 spiro atoms. The number of likely N-dealkylation sites (tertiary alicyclic amines) is 1. The monoisotopic (exact) mass is 253 g/mol. The Hall–Kier alpha value is -0.450. The zero-order chi connectivity index (χ0) is 12.3. The van der Waals surface area contributed by atoms with Crippen LogP contribution in [0.2, 0.25) is 0 Å². The fourth-order valence-corrected chi connectivity index (χ4v) is 3.23. The molecule has 0 radical (unpaired) electrons. The zero-order valence-electron chi connectivity index (χ0n) is 11.0. The summed E-state index contributed by atoms with van der Waals surface area (Å²) in [6, 6.07) is 1.74. The molecule has 17 heavy (non-hydrogen) atoms. The molecule has 1 aliphatic rings. The van der Waals surface area contributed by atoms with E-state index in [4.69, 9.17) is 0 Å². The molecular weight excluding hydrogens is 230 g/mol. The van der Waals surface area contributed by atoms with Gasteiger partial charge in [0, 0.05) is 30.2 Å². The maximum Gasteiger partial charge on any atom is 0.109 e. The number of thiazole rings is 1. The first-order valence-corrected chi connectivity index (χ1v) is 7.48. The Balaban J connectivity index is 1.88. The highest BCUT2D eigenvalue weighted by molar-refractivity contribution is 7.09. The highest BCUT2D eigenvalue weighted by atomic mass is 32.1. The highest BCUT2D eigenvalue weighted by Crippen LogP contribution is 2.22. The SMILES string of the molecule is CCC(NC1CCN(C(C)C)C1)c1nccs1. The Morgan fingerprint density at radius 1 is 1.59 bits per heavy atom. The van der Waals surface area contributed by atoms with Crippen molar-refractivity contribution in [2.75, 3.05) is 13.1 Å². The first-order chi connectivity index (χ1) is 8.20. The second-order valence-corrected chi connectivity index (χ2v) is 6.00. The van der Waals surface area contributed by atoms with Crippen molar-refractivity contribution < 1.29 is 0 Å². The minimum atomic E-state index is 0.437. The van der Waals surface area contributed by atoms with Gasteiger partial charge in [-0.15, -0.1) is 11.3 Å². The lowest BCUT2D eigenvalue weighted by Gasteiger charge is -2.23. The molecule has 2 rings (SSSR count). The summed E-state index contributed by atoms with van der Waals surface area (Å²) in [6.45, 7) is 9.19. The molecule has 2 heterocycles. The van der Waals surface area contributed by atoms with Crippen LogP contribution in [0.5, 0.6) is 0 Å². The number of aromatic nitrogens is 1. The third-order valence-corrected chi connectivity index (χ3v) is 4.43. The Kier molecular flexibility index (Phi) is 4.54. The molecule has 0 aromatic carbocycles. The van der Waals surface area contributed by atoms with Crippen LogP contribution in [-0.4, -0.2) is 35.1 Å². The average molecular weight is 253 g/mol. The van der Waals surface area contributed by atoms with E-state index in [1.165, 1.54) is 24.5 Å². The summed E-state index contributed by atoms with van der Waals surface area (Å²) in [5.41, 5.74) is 0. The van der Waals surface area contributed by atoms with E-state index in [1.807, 2.05) is 6.20 Å². The largest absolute Gasteiger partial charge is 0.304 e. The van der Waals surface area contributed by atoms with E-state index in [9.17, 15) is 0 Å². The van der Waals surface area contributed by atoms with E-state index >= 15 is 0 Å². The molecule has 0 aliphatic carbocycles. The van der Waals surface area contributed by atoms with Crippen LogP contribution in [-0.2, 0) is 0 Å². The third kappa shape index (κ3) is 3.27. The number of nitrogens with zero attached hydrogens (tertiary/aromatic N) is 2. The molecule has 96 valence electrons. The second-order valence-electron chi connectivity index (χ2n) is 5.07. The first-order valence-electron chi connectivity index (χ1n) is 6.60. The topological polar surface area (TPSA) is 28.2 Å². The molecule has 0 amide bonds.